The maximum atomic E-state index is 11.2. The highest BCUT2D eigenvalue weighted by Crippen LogP contribution is 2.25. The van der Waals surface area contributed by atoms with Crippen molar-refractivity contribution in [3.63, 3.8) is 0 Å². The fourth-order valence-electron chi connectivity index (χ4n) is 1.20. The molecular formula is C11H14O4. The van der Waals surface area contributed by atoms with Crippen molar-refractivity contribution in [1.82, 2.24) is 0 Å². The molecular weight excluding hydrogens is 196 g/mol. The second kappa shape index (κ2) is 5.36. The molecule has 15 heavy (non-hydrogen) atoms. The summed E-state index contributed by atoms with van der Waals surface area (Å²) in [5.74, 6) is 0.981. The zero-order valence-corrected chi connectivity index (χ0v) is 8.82. The highest BCUT2D eigenvalue weighted by Gasteiger charge is 2.09. The normalized spacial score (nSPS) is 9.80. The summed E-state index contributed by atoms with van der Waals surface area (Å²) in [7, 11) is 1.54. The Morgan fingerprint density at radius 3 is 2.73 bits per heavy atom. The number of ketones is 1. The zero-order valence-electron chi connectivity index (χ0n) is 8.82. The van der Waals surface area contributed by atoms with E-state index >= 15 is 0 Å². The summed E-state index contributed by atoms with van der Waals surface area (Å²) >= 11 is 0. The van der Waals surface area contributed by atoms with E-state index in [-0.39, 0.29) is 19.0 Å². The molecule has 1 aromatic rings. The minimum atomic E-state index is -0.0887. The molecule has 1 N–H and O–H groups in total. The second-order valence-electron chi connectivity index (χ2n) is 2.99. The number of hydrogen-bond acceptors (Lipinski definition) is 4. The van der Waals surface area contributed by atoms with Crippen molar-refractivity contribution in [2.45, 2.75) is 6.92 Å². The number of aliphatic hydroxyl groups is 1. The summed E-state index contributed by atoms with van der Waals surface area (Å²) in [5, 5.41) is 8.64. The summed E-state index contributed by atoms with van der Waals surface area (Å²) in [5.41, 5.74) is 0.490. The van der Waals surface area contributed by atoms with Gasteiger partial charge in [0.1, 0.15) is 18.1 Å². The first kappa shape index (κ1) is 11.5. The molecule has 0 aromatic heterocycles. The molecule has 0 saturated heterocycles. The lowest BCUT2D eigenvalue weighted by Gasteiger charge is -2.10. The molecule has 0 atom stereocenters. The van der Waals surface area contributed by atoms with E-state index < -0.39 is 0 Å². The maximum Gasteiger partial charge on any atom is 0.163 e. The third-order valence-corrected chi connectivity index (χ3v) is 1.92. The van der Waals surface area contributed by atoms with Crippen LogP contribution in [0.15, 0.2) is 18.2 Å². The van der Waals surface area contributed by atoms with E-state index in [4.69, 9.17) is 14.6 Å². The summed E-state index contributed by atoms with van der Waals surface area (Å²) in [6.45, 7) is 1.54. The molecule has 0 bridgehead atoms. The van der Waals surface area contributed by atoms with Gasteiger partial charge in [-0.05, 0) is 19.1 Å². The quantitative estimate of drug-likeness (QED) is 0.743. The fraction of sp³-hybridized carbons (Fsp3) is 0.364. The van der Waals surface area contributed by atoms with Crippen LogP contribution in [-0.4, -0.2) is 31.2 Å². The van der Waals surface area contributed by atoms with Crippen LogP contribution in [0.4, 0.5) is 0 Å². The van der Waals surface area contributed by atoms with E-state index in [1.54, 1.807) is 25.3 Å². The van der Waals surface area contributed by atoms with E-state index in [1.807, 2.05) is 0 Å². The van der Waals surface area contributed by atoms with Crippen molar-refractivity contribution < 1.29 is 19.4 Å². The third-order valence-electron chi connectivity index (χ3n) is 1.92. The monoisotopic (exact) mass is 210 g/mol. The molecule has 0 aliphatic heterocycles. The highest BCUT2D eigenvalue weighted by molar-refractivity contribution is 5.97. The van der Waals surface area contributed by atoms with Crippen LogP contribution in [0.3, 0.4) is 0 Å². The van der Waals surface area contributed by atoms with Gasteiger partial charge in [-0.25, -0.2) is 0 Å². The van der Waals surface area contributed by atoms with Crippen LogP contribution in [0.2, 0.25) is 0 Å². The number of carbonyl (C=O) groups is 1. The van der Waals surface area contributed by atoms with E-state index in [2.05, 4.69) is 0 Å². The number of methoxy groups -OCH3 is 1. The van der Waals surface area contributed by atoms with E-state index in [0.29, 0.717) is 17.1 Å². The maximum absolute atomic E-state index is 11.2. The largest absolute Gasteiger partial charge is 0.497 e. The molecule has 0 radical (unpaired) electrons. The van der Waals surface area contributed by atoms with E-state index in [1.165, 1.54) is 6.92 Å². The van der Waals surface area contributed by atoms with Crippen LogP contribution in [-0.2, 0) is 0 Å². The Morgan fingerprint density at radius 2 is 2.20 bits per heavy atom. The van der Waals surface area contributed by atoms with E-state index in [0.717, 1.165) is 0 Å². The Labute approximate surface area is 88.4 Å². The van der Waals surface area contributed by atoms with Gasteiger partial charge in [0.15, 0.2) is 5.78 Å². The molecule has 0 heterocycles. The molecule has 0 aliphatic carbocycles. The van der Waals surface area contributed by atoms with Gasteiger partial charge in [0.2, 0.25) is 0 Å². The first-order chi connectivity index (χ1) is 7.19. The minimum Gasteiger partial charge on any atom is -0.497 e. The van der Waals surface area contributed by atoms with E-state index in [9.17, 15) is 4.79 Å². The number of rotatable bonds is 5. The fourth-order valence-corrected chi connectivity index (χ4v) is 1.20. The predicted molar refractivity (Wildman–Crippen MR) is 55.6 cm³/mol. The smallest absolute Gasteiger partial charge is 0.163 e. The van der Waals surface area contributed by atoms with Gasteiger partial charge in [0, 0.05) is 6.07 Å². The molecule has 4 nitrogen and oxygen atoms in total. The Hall–Kier alpha value is -1.55. The Balaban J connectivity index is 2.99. The molecule has 0 spiro atoms. The van der Waals surface area contributed by atoms with Gasteiger partial charge in [-0.1, -0.05) is 0 Å². The van der Waals surface area contributed by atoms with Gasteiger partial charge in [-0.2, -0.15) is 0 Å². The number of benzene rings is 1. The lowest BCUT2D eigenvalue weighted by atomic mass is 10.1. The first-order valence-corrected chi connectivity index (χ1v) is 4.61. The Kier molecular flexibility index (Phi) is 4.12. The molecule has 0 aliphatic rings. The number of ether oxygens (including phenoxy) is 2. The average molecular weight is 210 g/mol. The van der Waals surface area contributed by atoms with Crippen LogP contribution < -0.4 is 9.47 Å². The van der Waals surface area contributed by atoms with Crippen molar-refractivity contribution in [3.05, 3.63) is 23.8 Å². The molecule has 0 fully saturated rings. The molecule has 82 valence electrons. The molecule has 0 amide bonds. The average Bonchev–Trinajstić information content (AvgIpc) is 2.25. The molecule has 0 unspecified atom stereocenters. The molecule has 1 aromatic carbocycles. The number of carbonyl (C=O) groups excluding carboxylic acids is 1. The first-order valence-electron chi connectivity index (χ1n) is 4.61. The van der Waals surface area contributed by atoms with Crippen molar-refractivity contribution in [3.8, 4) is 11.5 Å². The standard InChI is InChI=1S/C11H14O4/c1-8(13)10-4-3-9(14-2)7-11(10)15-6-5-12/h3-4,7,12H,5-6H2,1-2H3. The summed E-state index contributed by atoms with van der Waals surface area (Å²) in [4.78, 5) is 11.2. The van der Waals surface area contributed by atoms with Crippen LogP contribution >= 0.6 is 0 Å². The second-order valence-corrected chi connectivity index (χ2v) is 2.99. The molecule has 1 rings (SSSR count). The minimum absolute atomic E-state index is 0.0782. The highest BCUT2D eigenvalue weighted by atomic mass is 16.5. The third kappa shape index (κ3) is 2.95. The number of Topliss-reactive ketones (excluding diaryl/α,β-unsaturated/α-hetero) is 1. The van der Waals surface area contributed by atoms with Crippen LogP contribution in [0.1, 0.15) is 17.3 Å². The van der Waals surface area contributed by atoms with Gasteiger partial charge in [0.05, 0.1) is 19.3 Å². The van der Waals surface area contributed by atoms with Gasteiger partial charge in [-0.3, -0.25) is 4.79 Å². The van der Waals surface area contributed by atoms with Crippen molar-refractivity contribution in [2.75, 3.05) is 20.3 Å². The zero-order chi connectivity index (χ0) is 11.3. The van der Waals surface area contributed by atoms with Crippen LogP contribution in [0, 0.1) is 0 Å². The van der Waals surface area contributed by atoms with Gasteiger partial charge < -0.3 is 14.6 Å². The number of aliphatic hydroxyl groups excluding tert-OH is 1. The van der Waals surface area contributed by atoms with Gasteiger partial charge in [-0.15, -0.1) is 0 Å². The summed E-state index contributed by atoms with van der Waals surface area (Å²) < 4.78 is 10.3. The SMILES string of the molecule is COc1ccc(C(C)=O)c(OCCO)c1. The molecule has 4 heteroatoms. The molecule has 0 saturated carbocycles. The van der Waals surface area contributed by atoms with Crippen LogP contribution in [0.25, 0.3) is 0 Å². The summed E-state index contributed by atoms with van der Waals surface area (Å²) in [6.07, 6.45) is 0. The lowest BCUT2D eigenvalue weighted by Crippen LogP contribution is -2.06. The van der Waals surface area contributed by atoms with Crippen molar-refractivity contribution in [1.29, 1.82) is 0 Å². The Morgan fingerprint density at radius 1 is 1.47 bits per heavy atom. The van der Waals surface area contributed by atoms with Crippen molar-refractivity contribution >= 4 is 5.78 Å². The van der Waals surface area contributed by atoms with Crippen molar-refractivity contribution in [2.24, 2.45) is 0 Å². The predicted octanol–water partition coefficient (Wildman–Crippen LogP) is 1.27. The number of hydrogen-bond donors (Lipinski definition) is 1. The topological polar surface area (TPSA) is 55.8 Å². The van der Waals surface area contributed by atoms with Gasteiger partial charge >= 0.3 is 0 Å². The van der Waals surface area contributed by atoms with Gasteiger partial charge in [0.25, 0.3) is 0 Å². The van der Waals surface area contributed by atoms with Crippen LogP contribution in [0.5, 0.6) is 11.5 Å². The Bertz CT molecular complexity index is 346. The summed E-state index contributed by atoms with van der Waals surface area (Å²) in [6, 6.07) is 4.98. The lowest BCUT2D eigenvalue weighted by molar-refractivity contribution is 0.101.